The Labute approximate surface area is 111 Å². The summed E-state index contributed by atoms with van der Waals surface area (Å²) in [5, 5.41) is -0.0921. The fraction of sp³-hybridized carbons (Fsp3) is 0.533. The molecular weight excluding hydrogens is 244 g/mol. The van der Waals surface area contributed by atoms with Crippen molar-refractivity contribution >= 4 is 16.6 Å². The van der Waals surface area contributed by atoms with Crippen LogP contribution in [0, 0.1) is 5.92 Å². The first-order valence-electron chi connectivity index (χ1n) is 6.33. The average Bonchev–Trinajstić information content (AvgIpc) is 2.32. The third kappa shape index (κ3) is 2.05. The van der Waals surface area contributed by atoms with E-state index < -0.39 is 10.8 Å². The summed E-state index contributed by atoms with van der Waals surface area (Å²) in [5.74, 6) is -0.0308. The summed E-state index contributed by atoms with van der Waals surface area (Å²) in [6.07, 6.45) is 0. The van der Waals surface area contributed by atoms with Gasteiger partial charge < -0.3 is 0 Å². The van der Waals surface area contributed by atoms with Gasteiger partial charge in [0.1, 0.15) is 0 Å². The van der Waals surface area contributed by atoms with E-state index in [0.717, 1.165) is 5.56 Å². The number of ketones is 1. The second-order valence-corrected chi connectivity index (χ2v) is 7.89. The van der Waals surface area contributed by atoms with Gasteiger partial charge in [-0.1, -0.05) is 33.8 Å². The third-order valence-electron chi connectivity index (χ3n) is 3.78. The van der Waals surface area contributed by atoms with Crippen molar-refractivity contribution in [2.45, 2.75) is 50.2 Å². The van der Waals surface area contributed by atoms with Crippen molar-refractivity contribution in [3.63, 3.8) is 0 Å². The lowest BCUT2D eigenvalue weighted by Gasteiger charge is -2.28. The van der Waals surface area contributed by atoms with Gasteiger partial charge in [0.25, 0.3) is 0 Å². The first-order chi connectivity index (χ1) is 8.23. The van der Waals surface area contributed by atoms with Gasteiger partial charge in [0.15, 0.2) is 5.78 Å². The Balaban J connectivity index is 2.60. The molecule has 0 amide bonds. The van der Waals surface area contributed by atoms with Crippen molar-refractivity contribution in [3.8, 4) is 0 Å². The monoisotopic (exact) mass is 264 g/mol. The first-order valence-corrected chi connectivity index (χ1v) is 7.54. The topological polar surface area (TPSA) is 34.1 Å². The van der Waals surface area contributed by atoms with Crippen molar-refractivity contribution < 1.29 is 9.00 Å². The van der Waals surface area contributed by atoms with Crippen molar-refractivity contribution in [2.24, 2.45) is 5.92 Å². The molecule has 0 aliphatic carbocycles. The number of carbonyl (C=O) groups excluding carboxylic acids is 1. The van der Waals surface area contributed by atoms with E-state index in [1.165, 1.54) is 0 Å². The Morgan fingerprint density at radius 1 is 1.17 bits per heavy atom. The zero-order valence-electron chi connectivity index (χ0n) is 11.6. The van der Waals surface area contributed by atoms with Gasteiger partial charge in [-0.2, -0.15) is 0 Å². The van der Waals surface area contributed by atoms with E-state index in [4.69, 9.17) is 0 Å². The van der Waals surface area contributed by atoms with Crippen LogP contribution < -0.4 is 0 Å². The Hall–Kier alpha value is -0.960. The highest BCUT2D eigenvalue weighted by molar-refractivity contribution is 7.86. The Kier molecular flexibility index (Phi) is 3.22. The van der Waals surface area contributed by atoms with Crippen LogP contribution in [0.5, 0.6) is 0 Å². The largest absolute Gasteiger partial charge is 0.294 e. The van der Waals surface area contributed by atoms with Gasteiger partial charge in [-0.05, 0) is 30.0 Å². The number of fused-ring (bicyclic) bond motifs is 1. The zero-order chi connectivity index (χ0) is 13.7. The molecule has 0 bridgehead atoms. The second-order valence-electron chi connectivity index (χ2n) is 6.12. The molecule has 1 aromatic carbocycles. The highest BCUT2D eigenvalue weighted by Crippen LogP contribution is 2.33. The number of hydrogen-bond donors (Lipinski definition) is 0. The first kappa shape index (κ1) is 13.5. The molecule has 0 saturated heterocycles. The molecule has 0 N–H and O–H groups in total. The molecule has 1 aliphatic rings. The van der Waals surface area contributed by atoms with E-state index in [1.54, 1.807) is 0 Å². The Morgan fingerprint density at radius 3 is 2.33 bits per heavy atom. The molecule has 3 unspecified atom stereocenters. The highest BCUT2D eigenvalue weighted by Gasteiger charge is 2.35. The number of hydrogen-bond acceptors (Lipinski definition) is 2. The molecular formula is C15H20O2S. The lowest BCUT2D eigenvalue weighted by Crippen LogP contribution is -2.33. The van der Waals surface area contributed by atoms with Crippen LogP contribution in [-0.2, 0) is 16.2 Å². The summed E-state index contributed by atoms with van der Waals surface area (Å²) in [6, 6.07) is 5.79. The molecule has 0 spiro atoms. The van der Waals surface area contributed by atoms with Crippen LogP contribution in [0.2, 0.25) is 0 Å². The lowest BCUT2D eigenvalue weighted by atomic mass is 9.84. The second kappa shape index (κ2) is 4.30. The van der Waals surface area contributed by atoms with Crippen LogP contribution in [0.3, 0.4) is 0 Å². The summed E-state index contributed by atoms with van der Waals surface area (Å²) in [4.78, 5) is 13.0. The normalized spacial score (nSPS) is 28.1. The summed E-state index contributed by atoms with van der Waals surface area (Å²) in [7, 11) is -1.07. The molecule has 1 aromatic rings. The maximum absolute atomic E-state index is 12.3. The van der Waals surface area contributed by atoms with Gasteiger partial charge in [-0.25, -0.2) is 0 Å². The van der Waals surface area contributed by atoms with Crippen molar-refractivity contribution in [1.29, 1.82) is 0 Å². The van der Waals surface area contributed by atoms with Gasteiger partial charge >= 0.3 is 0 Å². The quantitative estimate of drug-likeness (QED) is 0.720. The molecule has 1 aliphatic heterocycles. The van der Waals surface area contributed by atoms with Crippen molar-refractivity contribution in [1.82, 2.24) is 0 Å². The molecule has 3 atom stereocenters. The minimum Gasteiger partial charge on any atom is -0.294 e. The van der Waals surface area contributed by atoms with Crippen LogP contribution in [0.15, 0.2) is 23.1 Å². The molecule has 18 heavy (non-hydrogen) atoms. The molecule has 2 rings (SSSR count). The lowest BCUT2D eigenvalue weighted by molar-refractivity contribution is 0.0922. The summed E-state index contributed by atoms with van der Waals surface area (Å²) < 4.78 is 12.3. The summed E-state index contributed by atoms with van der Waals surface area (Å²) in [5.41, 5.74) is 1.78. The van der Waals surface area contributed by atoms with E-state index in [2.05, 4.69) is 20.8 Å². The van der Waals surface area contributed by atoms with Crippen molar-refractivity contribution in [3.05, 3.63) is 29.3 Å². The average molecular weight is 264 g/mol. The predicted molar refractivity (Wildman–Crippen MR) is 74.5 cm³/mol. The highest BCUT2D eigenvalue weighted by atomic mass is 32.2. The van der Waals surface area contributed by atoms with E-state index in [1.807, 2.05) is 32.0 Å². The predicted octanol–water partition coefficient (Wildman–Crippen LogP) is 3.31. The Bertz CT molecular complexity index is 526. The van der Waals surface area contributed by atoms with Crippen LogP contribution in [-0.4, -0.2) is 15.2 Å². The zero-order valence-corrected chi connectivity index (χ0v) is 12.4. The minimum atomic E-state index is -1.07. The molecule has 0 fully saturated rings. The van der Waals surface area contributed by atoms with Gasteiger partial charge in [-0.3, -0.25) is 9.00 Å². The maximum atomic E-state index is 12.3. The van der Waals surface area contributed by atoms with Crippen LogP contribution >= 0.6 is 0 Å². The smallest absolute Gasteiger partial charge is 0.168 e. The van der Waals surface area contributed by atoms with Gasteiger partial charge in [0.05, 0.1) is 10.8 Å². The van der Waals surface area contributed by atoms with Crippen LogP contribution in [0.4, 0.5) is 0 Å². The van der Waals surface area contributed by atoms with Gasteiger partial charge in [0.2, 0.25) is 0 Å². The number of rotatable bonds is 0. The van der Waals surface area contributed by atoms with E-state index in [-0.39, 0.29) is 22.4 Å². The van der Waals surface area contributed by atoms with E-state index in [0.29, 0.717) is 10.5 Å². The van der Waals surface area contributed by atoms with Gasteiger partial charge in [-0.15, -0.1) is 0 Å². The van der Waals surface area contributed by atoms with Crippen LogP contribution in [0.1, 0.15) is 50.5 Å². The number of Topliss-reactive ketones (excluding diaryl/α,β-unsaturated/α-hetero) is 1. The molecule has 0 aromatic heterocycles. The standard InChI is InChI=1S/C15H20O2S/c1-9-10(2)18(17)13-7-6-11(15(3,4)5)8-12(13)14(9)16/h6-10H,1-5H3. The van der Waals surface area contributed by atoms with E-state index >= 15 is 0 Å². The summed E-state index contributed by atoms with van der Waals surface area (Å²) >= 11 is 0. The fourth-order valence-electron chi connectivity index (χ4n) is 2.21. The van der Waals surface area contributed by atoms with Crippen molar-refractivity contribution in [2.75, 3.05) is 0 Å². The Morgan fingerprint density at radius 2 is 1.78 bits per heavy atom. The SMILES string of the molecule is CC1C(=O)c2cc(C(C)(C)C)ccc2S(=O)C1C. The minimum absolute atomic E-state index is 0.00308. The molecule has 0 saturated carbocycles. The third-order valence-corrected chi connectivity index (χ3v) is 5.66. The molecule has 2 nitrogen and oxygen atoms in total. The van der Waals surface area contributed by atoms with E-state index in [9.17, 15) is 9.00 Å². The summed E-state index contributed by atoms with van der Waals surface area (Å²) in [6.45, 7) is 10.1. The molecule has 98 valence electrons. The molecule has 0 radical (unpaired) electrons. The molecule has 3 heteroatoms. The number of carbonyl (C=O) groups is 1. The maximum Gasteiger partial charge on any atom is 0.168 e. The number of benzene rings is 1. The molecule has 1 heterocycles. The fourth-order valence-corrected chi connectivity index (χ4v) is 3.68. The van der Waals surface area contributed by atoms with Crippen LogP contribution in [0.25, 0.3) is 0 Å². The van der Waals surface area contributed by atoms with Gasteiger partial charge in [0, 0.05) is 21.6 Å².